The van der Waals surface area contributed by atoms with Crippen molar-refractivity contribution in [2.45, 2.75) is 0 Å². The van der Waals surface area contributed by atoms with Crippen LogP contribution >= 0.6 is 15.9 Å². The molecule has 3 rings (SSSR count). The van der Waals surface area contributed by atoms with Crippen molar-refractivity contribution in [3.8, 4) is 0 Å². The van der Waals surface area contributed by atoms with Gasteiger partial charge in [0.15, 0.2) is 0 Å². The zero-order valence-electron chi connectivity index (χ0n) is 12.4. The first kappa shape index (κ1) is 15.9. The molecule has 120 valence electrons. The molecule has 6 nitrogen and oxygen atoms in total. The van der Waals surface area contributed by atoms with Crippen LogP contribution in [0.15, 0.2) is 65.3 Å². The molecule has 0 bridgehead atoms. The number of para-hydroxylation sites is 2. The van der Waals surface area contributed by atoms with Crippen LogP contribution in [-0.2, 0) is 0 Å². The Hall–Kier alpha value is -2.93. The van der Waals surface area contributed by atoms with Gasteiger partial charge in [-0.2, -0.15) is 4.98 Å². The molecule has 0 unspecified atom stereocenters. The summed E-state index contributed by atoms with van der Waals surface area (Å²) >= 11 is 3.45. The van der Waals surface area contributed by atoms with Crippen LogP contribution in [0.1, 0.15) is 10.4 Å². The Morgan fingerprint density at radius 2 is 1.67 bits per heavy atom. The summed E-state index contributed by atoms with van der Waals surface area (Å²) in [5.74, 6) is -0.105. The average molecular weight is 385 g/mol. The van der Waals surface area contributed by atoms with E-state index >= 15 is 0 Å². The van der Waals surface area contributed by atoms with Gasteiger partial charge in [0.2, 0.25) is 5.95 Å². The van der Waals surface area contributed by atoms with Crippen molar-refractivity contribution in [3.63, 3.8) is 0 Å². The number of aromatic carboxylic acids is 1. The summed E-state index contributed by atoms with van der Waals surface area (Å²) in [6.07, 6.45) is 1.60. The summed E-state index contributed by atoms with van der Waals surface area (Å²) in [4.78, 5) is 19.8. The van der Waals surface area contributed by atoms with Crippen LogP contribution < -0.4 is 10.6 Å². The van der Waals surface area contributed by atoms with Gasteiger partial charge in [-0.25, -0.2) is 9.78 Å². The number of nitrogens with zero attached hydrogens (tertiary/aromatic N) is 2. The van der Waals surface area contributed by atoms with Gasteiger partial charge >= 0.3 is 5.97 Å². The van der Waals surface area contributed by atoms with Crippen LogP contribution in [0.5, 0.6) is 0 Å². The molecule has 0 aliphatic rings. The molecule has 0 saturated carbocycles. The molecule has 1 heterocycles. The van der Waals surface area contributed by atoms with Crippen molar-refractivity contribution in [2.24, 2.45) is 0 Å². The van der Waals surface area contributed by atoms with E-state index in [0.717, 1.165) is 10.2 Å². The first-order chi connectivity index (χ1) is 11.6. The Bertz CT molecular complexity index is 886. The third-order valence-electron chi connectivity index (χ3n) is 3.20. The van der Waals surface area contributed by atoms with Crippen molar-refractivity contribution in [1.29, 1.82) is 0 Å². The molecule has 0 amide bonds. The van der Waals surface area contributed by atoms with Gasteiger partial charge in [-0.15, -0.1) is 0 Å². The minimum absolute atomic E-state index is 0.177. The van der Waals surface area contributed by atoms with Gasteiger partial charge in [0.1, 0.15) is 5.82 Å². The van der Waals surface area contributed by atoms with E-state index in [4.69, 9.17) is 0 Å². The molecular weight excluding hydrogens is 372 g/mol. The minimum atomic E-state index is -1.00. The van der Waals surface area contributed by atoms with E-state index in [1.165, 1.54) is 6.07 Å². The van der Waals surface area contributed by atoms with Gasteiger partial charge in [-0.1, -0.05) is 24.3 Å². The predicted molar refractivity (Wildman–Crippen MR) is 96.1 cm³/mol. The summed E-state index contributed by atoms with van der Waals surface area (Å²) in [6, 6.07) is 15.9. The number of nitrogens with one attached hydrogen (secondary N) is 2. The second-order valence-corrected chi connectivity index (χ2v) is 5.70. The maximum Gasteiger partial charge on any atom is 0.337 e. The van der Waals surface area contributed by atoms with Crippen LogP contribution in [0.3, 0.4) is 0 Å². The number of hydrogen-bond donors (Lipinski definition) is 3. The van der Waals surface area contributed by atoms with E-state index in [0.29, 0.717) is 17.5 Å². The highest BCUT2D eigenvalue weighted by Gasteiger charge is 2.10. The van der Waals surface area contributed by atoms with Crippen LogP contribution in [-0.4, -0.2) is 21.0 Å². The van der Waals surface area contributed by atoms with Gasteiger partial charge in [0.25, 0.3) is 0 Å². The summed E-state index contributed by atoms with van der Waals surface area (Å²) in [6.45, 7) is 0. The lowest BCUT2D eigenvalue weighted by molar-refractivity contribution is 0.0698. The number of aromatic nitrogens is 2. The van der Waals surface area contributed by atoms with Gasteiger partial charge in [-0.05, 0) is 46.3 Å². The number of benzene rings is 2. The molecule has 0 fully saturated rings. The molecule has 3 aromatic rings. The van der Waals surface area contributed by atoms with E-state index in [-0.39, 0.29) is 5.56 Å². The fraction of sp³-hybridized carbons (Fsp3) is 0. The second kappa shape index (κ2) is 7.10. The lowest BCUT2D eigenvalue weighted by Gasteiger charge is -2.11. The monoisotopic (exact) mass is 384 g/mol. The number of carboxylic acids is 1. The summed E-state index contributed by atoms with van der Waals surface area (Å²) in [7, 11) is 0. The number of anilines is 4. The van der Waals surface area contributed by atoms with Gasteiger partial charge in [-0.3, -0.25) is 0 Å². The first-order valence-corrected chi connectivity index (χ1v) is 7.87. The van der Waals surface area contributed by atoms with E-state index in [1.54, 1.807) is 30.5 Å². The zero-order chi connectivity index (χ0) is 16.9. The molecule has 2 aromatic carbocycles. The zero-order valence-corrected chi connectivity index (χ0v) is 14.0. The number of hydrogen-bond acceptors (Lipinski definition) is 5. The topological polar surface area (TPSA) is 87.1 Å². The van der Waals surface area contributed by atoms with Crippen LogP contribution in [0, 0.1) is 0 Å². The standard InChI is InChI=1S/C17H13BrN4O2/c18-12-6-2-4-8-14(12)21-17-19-10-9-15(22-17)20-13-7-3-1-5-11(13)16(23)24/h1-10H,(H,23,24)(H2,19,20,21,22). The molecule has 0 saturated heterocycles. The third-order valence-corrected chi connectivity index (χ3v) is 3.89. The van der Waals surface area contributed by atoms with Crippen molar-refractivity contribution < 1.29 is 9.90 Å². The molecule has 3 N–H and O–H groups in total. The van der Waals surface area contributed by atoms with Gasteiger partial charge < -0.3 is 15.7 Å². The SMILES string of the molecule is O=C(O)c1ccccc1Nc1ccnc(Nc2ccccc2Br)n1. The molecule has 0 spiro atoms. The van der Waals surface area contributed by atoms with E-state index in [9.17, 15) is 9.90 Å². The summed E-state index contributed by atoms with van der Waals surface area (Å²) in [5, 5.41) is 15.4. The van der Waals surface area contributed by atoms with E-state index in [1.807, 2.05) is 24.3 Å². The van der Waals surface area contributed by atoms with Crippen LogP contribution in [0.25, 0.3) is 0 Å². The second-order valence-electron chi connectivity index (χ2n) is 4.85. The number of carbonyl (C=O) groups is 1. The van der Waals surface area contributed by atoms with Gasteiger partial charge in [0, 0.05) is 10.7 Å². The van der Waals surface area contributed by atoms with Crippen molar-refractivity contribution in [3.05, 3.63) is 70.8 Å². The van der Waals surface area contributed by atoms with Crippen molar-refractivity contribution in [1.82, 2.24) is 9.97 Å². The maximum absolute atomic E-state index is 11.3. The number of rotatable bonds is 5. The lowest BCUT2D eigenvalue weighted by Crippen LogP contribution is -2.05. The Kier molecular flexibility index (Phi) is 4.72. The summed E-state index contributed by atoms with van der Waals surface area (Å²) < 4.78 is 0.892. The molecule has 0 aliphatic heterocycles. The quantitative estimate of drug-likeness (QED) is 0.603. The van der Waals surface area contributed by atoms with Gasteiger partial charge in [0.05, 0.1) is 16.9 Å². The fourth-order valence-corrected chi connectivity index (χ4v) is 2.47. The van der Waals surface area contributed by atoms with Crippen molar-refractivity contribution in [2.75, 3.05) is 10.6 Å². The number of halogens is 1. The average Bonchev–Trinajstić information content (AvgIpc) is 2.58. The Morgan fingerprint density at radius 1 is 0.958 bits per heavy atom. The Balaban J connectivity index is 1.84. The molecule has 7 heteroatoms. The normalized spacial score (nSPS) is 10.2. The van der Waals surface area contributed by atoms with E-state index in [2.05, 4.69) is 36.5 Å². The molecular formula is C17H13BrN4O2. The molecule has 1 aromatic heterocycles. The molecule has 0 atom stereocenters. The van der Waals surface area contributed by atoms with Crippen LogP contribution in [0.4, 0.5) is 23.1 Å². The lowest BCUT2D eigenvalue weighted by atomic mass is 10.2. The predicted octanol–water partition coefficient (Wildman–Crippen LogP) is 4.42. The first-order valence-electron chi connectivity index (χ1n) is 7.07. The highest BCUT2D eigenvalue weighted by atomic mass is 79.9. The molecule has 0 radical (unpaired) electrons. The van der Waals surface area contributed by atoms with Crippen molar-refractivity contribution >= 4 is 45.0 Å². The minimum Gasteiger partial charge on any atom is -0.478 e. The highest BCUT2D eigenvalue weighted by molar-refractivity contribution is 9.10. The third kappa shape index (κ3) is 3.69. The fourth-order valence-electron chi connectivity index (χ4n) is 2.09. The smallest absolute Gasteiger partial charge is 0.337 e. The maximum atomic E-state index is 11.3. The number of carboxylic acid groups (broad SMARTS) is 1. The highest BCUT2D eigenvalue weighted by Crippen LogP contribution is 2.25. The summed E-state index contributed by atoms with van der Waals surface area (Å²) in [5.41, 5.74) is 1.48. The van der Waals surface area contributed by atoms with Crippen LogP contribution in [0.2, 0.25) is 0 Å². The molecule has 0 aliphatic carbocycles. The molecule has 24 heavy (non-hydrogen) atoms. The Labute approximate surface area is 146 Å². The Morgan fingerprint density at radius 3 is 2.42 bits per heavy atom. The largest absolute Gasteiger partial charge is 0.478 e. The van der Waals surface area contributed by atoms with E-state index < -0.39 is 5.97 Å².